The highest BCUT2D eigenvalue weighted by Crippen LogP contribution is 2.23. The van der Waals surface area contributed by atoms with E-state index in [-0.39, 0.29) is 11.9 Å². The van der Waals surface area contributed by atoms with E-state index in [2.05, 4.69) is 4.98 Å². The molecule has 22 heavy (non-hydrogen) atoms. The summed E-state index contributed by atoms with van der Waals surface area (Å²) in [6.45, 7) is 2.22. The van der Waals surface area contributed by atoms with Crippen molar-refractivity contribution in [1.29, 1.82) is 0 Å². The molecule has 2 aromatic rings. The van der Waals surface area contributed by atoms with Crippen LogP contribution in [0.5, 0.6) is 5.75 Å². The van der Waals surface area contributed by atoms with E-state index < -0.39 is 0 Å². The highest BCUT2D eigenvalue weighted by atomic mass is 16.5. The smallest absolute Gasteiger partial charge is 0.313 e. The molecule has 0 aliphatic carbocycles. The van der Waals surface area contributed by atoms with Crippen molar-refractivity contribution in [1.82, 2.24) is 4.98 Å². The van der Waals surface area contributed by atoms with Crippen LogP contribution in [0.2, 0.25) is 0 Å². The number of methoxy groups -OCH3 is 1. The molecule has 0 fully saturated rings. The summed E-state index contributed by atoms with van der Waals surface area (Å²) in [4.78, 5) is 16.2. The zero-order valence-corrected chi connectivity index (χ0v) is 13.0. The van der Waals surface area contributed by atoms with E-state index >= 15 is 0 Å². The van der Waals surface area contributed by atoms with Crippen LogP contribution < -0.4 is 4.74 Å². The molecule has 2 rings (SSSR count). The fourth-order valence-corrected chi connectivity index (χ4v) is 2.36. The Bertz CT molecular complexity index is 581. The Hall–Kier alpha value is -2.36. The summed E-state index contributed by atoms with van der Waals surface area (Å²) in [7, 11) is 1.65. The zero-order valence-electron chi connectivity index (χ0n) is 13.0. The molecule has 1 aromatic heterocycles. The number of ether oxygens (including phenoxy) is 2. The second-order valence-corrected chi connectivity index (χ2v) is 4.97. The average molecular weight is 299 g/mol. The SMILES string of the molecule is CCOC(=O)[C@H](CCc1ccc(OC)cc1)c1ccncc1. The first-order valence-electron chi connectivity index (χ1n) is 7.44. The van der Waals surface area contributed by atoms with Crippen LogP contribution in [0.1, 0.15) is 30.4 Å². The molecule has 0 saturated carbocycles. The van der Waals surface area contributed by atoms with Crippen molar-refractivity contribution < 1.29 is 14.3 Å². The number of nitrogens with zero attached hydrogens (tertiary/aromatic N) is 1. The minimum absolute atomic E-state index is 0.179. The van der Waals surface area contributed by atoms with Crippen LogP contribution in [0.15, 0.2) is 48.8 Å². The van der Waals surface area contributed by atoms with Crippen molar-refractivity contribution in [3.05, 3.63) is 59.9 Å². The summed E-state index contributed by atoms with van der Waals surface area (Å²) in [6, 6.07) is 11.6. The van der Waals surface area contributed by atoms with E-state index in [9.17, 15) is 4.79 Å². The van der Waals surface area contributed by atoms with Crippen molar-refractivity contribution in [3.63, 3.8) is 0 Å². The van der Waals surface area contributed by atoms with Crippen molar-refractivity contribution in [3.8, 4) is 5.75 Å². The summed E-state index contributed by atoms with van der Waals surface area (Å²) in [5.74, 6) is 0.395. The molecule has 4 nitrogen and oxygen atoms in total. The topological polar surface area (TPSA) is 48.4 Å². The van der Waals surface area contributed by atoms with Crippen LogP contribution in [0.25, 0.3) is 0 Å². The van der Waals surface area contributed by atoms with Gasteiger partial charge in [0.25, 0.3) is 0 Å². The number of carbonyl (C=O) groups excluding carboxylic acids is 1. The molecular formula is C18H21NO3. The third-order valence-electron chi connectivity index (χ3n) is 3.56. The third kappa shape index (κ3) is 4.32. The maximum atomic E-state index is 12.2. The molecule has 0 radical (unpaired) electrons. The minimum atomic E-state index is -0.259. The van der Waals surface area contributed by atoms with Gasteiger partial charge in [-0.3, -0.25) is 9.78 Å². The van der Waals surface area contributed by atoms with Crippen molar-refractivity contribution in [2.24, 2.45) is 0 Å². The molecule has 0 aliphatic heterocycles. The third-order valence-corrected chi connectivity index (χ3v) is 3.56. The number of aromatic nitrogens is 1. The summed E-state index contributed by atoms with van der Waals surface area (Å²) < 4.78 is 10.4. The van der Waals surface area contributed by atoms with Crippen LogP contribution in [-0.2, 0) is 16.0 Å². The zero-order chi connectivity index (χ0) is 15.8. The summed E-state index contributed by atoms with van der Waals surface area (Å²) >= 11 is 0. The minimum Gasteiger partial charge on any atom is -0.497 e. The molecule has 0 aliphatic rings. The van der Waals surface area contributed by atoms with Crippen LogP contribution in [0.3, 0.4) is 0 Å². The predicted molar refractivity (Wildman–Crippen MR) is 84.9 cm³/mol. The number of hydrogen-bond acceptors (Lipinski definition) is 4. The van der Waals surface area contributed by atoms with E-state index in [1.54, 1.807) is 19.5 Å². The molecule has 1 atom stereocenters. The lowest BCUT2D eigenvalue weighted by Crippen LogP contribution is -2.17. The van der Waals surface area contributed by atoms with Crippen molar-refractivity contribution >= 4 is 5.97 Å². The van der Waals surface area contributed by atoms with Gasteiger partial charge in [0, 0.05) is 12.4 Å². The summed E-state index contributed by atoms with van der Waals surface area (Å²) in [6.07, 6.45) is 4.91. The molecule has 1 heterocycles. The van der Waals surface area contributed by atoms with Gasteiger partial charge in [-0.05, 0) is 55.2 Å². The Balaban J connectivity index is 2.07. The molecular weight excluding hydrogens is 278 g/mol. The van der Waals surface area contributed by atoms with Gasteiger partial charge in [-0.15, -0.1) is 0 Å². The molecule has 0 amide bonds. The first-order valence-corrected chi connectivity index (χ1v) is 7.44. The Morgan fingerprint density at radius 3 is 2.41 bits per heavy atom. The fourth-order valence-electron chi connectivity index (χ4n) is 2.36. The Labute approximate surface area is 131 Å². The number of esters is 1. The number of hydrogen-bond donors (Lipinski definition) is 0. The molecule has 116 valence electrons. The van der Waals surface area contributed by atoms with Gasteiger partial charge in [-0.25, -0.2) is 0 Å². The molecule has 0 spiro atoms. The average Bonchev–Trinajstić information content (AvgIpc) is 2.57. The number of aryl methyl sites for hydroxylation is 1. The van der Waals surface area contributed by atoms with Gasteiger partial charge in [0.15, 0.2) is 0 Å². The quantitative estimate of drug-likeness (QED) is 0.735. The number of carbonyl (C=O) groups is 1. The first-order chi connectivity index (χ1) is 10.7. The second kappa shape index (κ2) is 8.17. The highest BCUT2D eigenvalue weighted by Gasteiger charge is 2.21. The van der Waals surface area contributed by atoms with Gasteiger partial charge in [-0.2, -0.15) is 0 Å². The largest absolute Gasteiger partial charge is 0.497 e. The maximum Gasteiger partial charge on any atom is 0.313 e. The van der Waals surface area contributed by atoms with E-state index in [1.807, 2.05) is 43.3 Å². The van der Waals surface area contributed by atoms with Gasteiger partial charge in [0.05, 0.1) is 19.6 Å². The van der Waals surface area contributed by atoms with Crippen LogP contribution >= 0.6 is 0 Å². The normalized spacial score (nSPS) is 11.7. The first kappa shape index (κ1) is 16.0. The van der Waals surface area contributed by atoms with Gasteiger partial charge in [0.2, 0.25) is 0 Å². The lowest BCUT2D eigenvalue weighted by atomic mass is 9.93. The van der Waals surface area contributed by atoms with E-state index in [0.29, 0.717) is 13.0 Å². The Kier molecular flexibility index (Phi) is 5.95. The maximum absolute atomic E-state index is 12.2. The predicted octanol–water partition coefficient (Wildman–Crippen LogP) is 3.37. The Morgan fingerprint density at radius 2 is 1.82 bits per heavy atom. The van der Waals surface area contributed by atoms with Gasteiger partial charge in [0.1, 0.15) is 5.75 Å². The van der Waals surface area contributed by atoms with Gasteiger partial charge in [-0.1, -0.05) is 12.1 Å². The van der Waals surface area contributed by atoms with Gasteiger partial charge < -0.3 is 9.47 Å². The van der Waals surface area contributed by atoms with Gasteiger partial charge >= 0.3 is 5.97 Å². The van der Waals surface area contributed by atoms with Crippen LogP contribution in [0.4, 0.5) is 0 Å². The molecule has 0 bridgehead atoms. The molecule has 4 heteroatoms. The standard InChI is InChI=1S/C18H21NO3/c1-3-22-18(20)17(15-10-12-19-13-11-15)9-6-14-4-7-16(21-2)8-5-14/h4-5,7-8,10-13,17H,3,6,9H2,1-2H3/t17-/m1/s1. The molecule has 1 aromatic carbocycles. The number of benzene rings is 1. The highest BCUT2D eigenvalue weighted by molar-refractivity contribution is 5.78. The van der Waals surface area contributed by atoms with Crippen LogP contribution in [-0.4, -0.2) is 24.7 Å². The molecule has 0 saturated heterocycles. The van der Waals surface area contributed by atoms with Crippen LogP contribution in [0, 0.1) is 0 Å². The summed E-state index contributed by atoms with van der Waals surface area (Å²) in [5, 5.41) is 0. The number of pyridine rings is 1. The number of rotatable bonds is 7. The molecule has 0 unspecified atom stereocenters. The lowest BCUT2D eigenvalue weighted by molar-refractivity contribution is -0.145. The molecule has 0 N–H and O–H groups in total. The monoisotopic (exact) mass is 299 g/mol. The van der Waals surface area contributed by atoms with E-state index in [4.69, 9.17) is 9.47 Å². The van der Waals surface area contributed by atoms with Crippen molar-refractivity contribution in [2.75, 3.05) is 13.7 Å². The lowest BCUT2D eigenvalue weighted by Gasteiger charge is -2.16. The fraction of sp³-hybridized carbons (Fsp3) is 0.333. The van der Waals surface area contributed by atoms with E-state index in [1.165, 1.54) is 5.56 Å². The van der Waals surface area contributed by atoms with E-state index in [0.717, 1.165) is 17.7 Å². The Morgan fingerprint density at radius 1 is 1.14 bits per heavy atom. The second-order valence-electron chi connectivity index (χ2n) is 4.97. The summed E-state index contributed by atoms with van der Waals surface area (Å²) in [5.41, 5.74) is 2.12. The van der Waals surface area contributed by atoms with Crippen molar-refractivity contribution in [2.45, 2.75) is 25.7 Å².